The Balaban J connectivity index is 1.93. The fourth-order valence-corrected chi connectivity index (χ4v) is 2.48. The average Bonchev–Trinajstić information content (AvgIpc) is 2.60. The van der Waals surface area contributed by atoms with Gasteiger partial charge in [0.2, 0.25) is 11.8 Å². The fraction of sp³-hybridized carbons (Fsp3) is 0.300. The van der Waals surface area contributed by atoms with Crippen LogP contribution in [-0.2, 0) is 9.59 Å². The number of para-hydroxylation sites is 1. The van der Waals surface area contributed by atoms with Crippen molar-refractivity contribution >= 4 is 28.9 Å². The standard InChI is InChI=1S/C20H25N3O2/c1-14(2)18-7-5-6-8-19(18)22-20(25)13-21-16-9-11-17(12-10-16)23(4)15(3)24/h5-12,14,21H,13H2,1-4H3,(H,22,25). The van der Waals surface area contributed by atoms with Crippen LogP contribution in [0.4, 0.5) is 17.1 Å². The van der Waals surface area contributed by atoms with Crippen molar-refractivity contribution in [3.8, 4) is 0 Å². The molecule has 0 spiro atoms. The van der Waals surface area contributed by atoms with E-state index in [0.717, 1.165) is 22.6 Å². The lowest BCUT2D eigenvalue weighted by molar-refractivity contribution is -0.116. The minimum absolute atomic E-state index is 0.0242. The molecular formula is C20H25N3O2. The topological polar surface area (TPSA) is 61.4 Å². The summed E-state index contributed by atoms with van der Waals surface area (Å²) in [6.07, 6.45) is 0. The Morgan fingerprint density at radius 1 is 1.04 bits per heavy atom. The third kappa shape index (κ3) is 5.08. The van der Waals surface area contributed by atoms with E-state index in [1.54, 1.807) is 11.9 Å². The van der Waals surface area contributed by atoms with Gasteiger partial charge in [-0.1, -0.05) is 32.0 Å². The van der Waals surface area contributed by atoms with Crippen LogP contribution in [0.15, 0.2) is 48.5 Å². The van der Waals surface area contributed by atoms with E-state index in [0.29, 0.717) is 5.92 Å². The number of hydrogen-bond donors (Lipinski definition) is 2. The Morgan fingerprint density at radius 2 is 1.68 bits per heavy atom. The molecule has 2 aromatic rings. The summed E-state index contributed by atoms with van der Waals surface area (Å²) in [5.74, 6) is 0.220. The highest BCUT2D eigenvalue weighted by atomic mass is 16.2. The zero-order chi connectivity index (χ0) is 18.4. The van der Waals surface area contributed by atoms with E-state index in [2.05, 4.69) is 24.5 Å². The summed E-state index contributed by atoms with van der Waals surface area (Å²) < 4.78 is 0. The first kappa shape index (κ1) is 18.5. The average molecular weight is 339 g/mol. The monoisotopic (exact) mass is 339 g/mol. The third-order valence-electron chi connectivity index (χ3n) is 4.04. The molecule has 0 aliphatic rings. The predicted molar refractivity (Wildman–Crippen MR) is 103 cm³/mol. The number of benzene rings is 2. The van der Waals surface area contributed by atoms with Gasteiger partial charge in [0.25, 0.3) is 0 Å². The number of carbonyl (C=O) groups excluding carboxylic acids is 2. The molecule has 0 aliphatic carbocycles. The van der Waals surface area contributed by atoms with E-state index in [-0.39, 0.29) is 18.4 Å². The van der Waals surface area contributed by atoms with Gasteiger partial charge in [-0.25, -0.2) is 0 Å². The van der Waals surface area contributed by atoms with Crippen molar-refractivity contribution in [3.05, 3.63) is 54.1 Å². The van der Waals surface area contributed by atoms with Crippen LogP contribution < -0.4 is 15.5 Å². The number of nitrogens with zero attached hydrogens (tertiary/aromatic N) is 1. The molecular weight excluding hydrogens is 314 g/mol. The molecule has 2 amide bonds. The smallest absolute Gasteiger partial charge is 0.243 e. The molecule has 0 saturated heterocycles. The first-order valence-corrected chi connectivity index (χ1v) is 8.35. The molecule has 25 heavy (non-hydrogen) atoms. The van der Waals surface area contributed by atoms with Gasteiger partial charge in [-0.3, -0.25) is 9.59 Å². The minimum Gasteiger partial charge on any atom is -0.376 e. The fourth-order valence-electron chi connectivity index (χ4n) is 2.48. The van der Waals surface area contributed by atoms with Crippen molar-refractivity contribution in [1.29, 1.82) is 0 Å². The third-order valence-corrected chi connectivity index (χ3v) is 4.04. The van der Waals surface area contributed by atoms with Gasteiger partial charge in [-0.05, 0) is 41.8 Å². The zero-order valence-electron chi connectivity index (χ0n) is 15.2. The molecule has 5 nitrogen and oxygen atoms in total. The number of anilines is 3. The van der Waals surface area contributed by atoms with Gasteiger partial charge < -0.3 is 15.5 Å². The van der Waals surface area contributed by atoms with Crippen molar-refractivity contribution in [2.45, 2.75) is 26.7 Å². The first-order valence-electron chi connectivity index (χ1n) is 8.35. The van der Waals surface area contributed by atoms with E-state index in [1.807, 2.05) is 48.5 Å². The van der Waals surface area contributed by atoms with Crippen molar-refractivity contribution in [2.75, 3.05) is 29.1 Å². The van der Waals surface area contributed by atoms with Crippen LogP contribution in [0.3, 0.4) is 0 Å². The lowest BCUT2D eigenvalue weighted by Gasteiger charge is -2.16. The van der Waals surface area contributed by atoms with Gasteiger partial charge in [0.1, 0.15) is 0 Å². The van der Waals surface area contributed by atoms with E-state index < -0.39 is 0 Å². The molecule has 2 aromatic carbocycles. The second-order valence-electron chi connectivity index (χ2n) is 6.27. The second-order valence-corrected chi connectivity index (χ2v) is 6.27. The van der Waals surface area contributed by atoms with Crippen LogP contribution in [0.1, 0.15) is 32.3 Å². The van der Waals surface area contributed by atoms with Crippen LogP contribution in [0.5, 0.6) is 0 Å². The van der Waals surface area contributed by atoms with Gasteiger partial charge in [0.15, 0.2) is 0 Å². The van der Waals surface area contributed by atoms with E-state index >= 15 is 0 Å². The van der Waals surface area contributed by atoms with Crippen LogP contribution in [-0.4, -0.2) is 25.4 Å². The quantitative estimate of drug-likeness (QED) is 0.840. The van der Waals surface area contributed by atoms with Gasteiger partial charge >= 0.3 is 0 Å². The molecule has 0 fully saturated rings. The van der Waals surface area contributed by atoms with Crippen LogP contribution in [0.25, 0.3) is 0 Å². The Labute approximate surface area is 149 Å². The Morgan fingerprint density at radius 3 is 2.28 bits per heavy atom. The van der Waals surface area contributed by atoms with Gasteiger partial charge in [0.05, 0.1) is 6.54 Å². The SMILES string of the molecule is CC(=O)N(C)c1ccc(NCC(=O)Nc2ccccc2C(C)C)cc1. The molecule has 0 bridgehead atoms. The van der Waals surface area contributed by atoms with E-state index in [9.17, 15) is 9.59 Å². The first-order chi connectivity index (χ1) is 11.9. The number of nitrogens with one attached hydrogen (secondary N) is 2. The normalized spacial score (nSPS) is 10.4. The van der Waals surface area contributed by atoms with Crippen LogP contribution in [0, 0.1) is 0 Å². The van der Waals surface area contributed by atoms with Gasteiger partial charge in [0, 0.05) is 31.0 Å². The molecule has 0 heterocycles. The summed E-state index contributed by atoms with van der Waals surface area (Å²) in [7, 11) is 1.73. The number of rotatable bonds is 6. The van der Waals surface area contributed by atoms with Crippen molar-refractivity contribution in [3.63, 3.8) is 0 Å². The summed E-state index contributed by atoms with van der Waals surface area (Å²) in [4.78, 5) is 25.1. The van der Waals surface area contributed by atoms with Gasteiger partial charge in [-0.2, -0.15) is 0 Å². The van der Waals surface area contributed by atoms with E-state index in [4.69, 9.17) is 0 Å². The highest BCUT2D eigenvalue weighted by molar-refractivity contribution is 5.94. The molecule has 2 rings (SSSR count). The number of hydrogen-bond acceptors (Lipinski definition) is 3. The van der Waals surface area contributed by atoms with Crippen molar-refractivity contribution in [1.82, 2.24) is 0 Å². The summed E-state index contributed by atoms with van der Waals surface area (Å²) in [6, 6.07) is 15.2. The lowest BCUT2D eigenvalue weighted by atomic mass is 10.0. The second kappa shape index (κ2) is 8.33. The Bertz CT molecular complexity index is 739. The molecule has 5 heteroatoms. The summed E-state index contributed by atoms with van der Waals surface area (Å²) in [5, 5.41) is 6.05. The molecule has 0 atom stereocenters. The molecule has 0 unspecified atom stereocenters. The molecule has 132 valence electrons. The minimum atomic E-state index is -0.0990. The lowest BCUT2D eigenvalue weighted by Crippen LogP contribution is -2.23. The molecule has 0 aromatic heterocycles. The Kier molecular flexibility index (Phi) is 6.17. The Hall–Kier alpha value is -2.82. The van der Waals surface area contributed by atoms with E-state index in [1.165, 1.54) is 6.92 Å². The summed E-state index contributed by atoms with van der Waals surface area (Å²) in [6.45, 7) is 5.89. The van der Waals surface area contributed by atoms with Crippen LogP contribution >= 0.6 is 0 Å². The molecule has 0 radical (unpaired) electrons. The summed E-state index contributed by atoms with van der Waals surface area (Å²) >= 11 is 0. The number of amides is 2. The van der Waals surface area contributed by atoms with Gasteiger partial charge in [-0.15, -0.1) is 0 Å². The highest BCUT2D eigenvalue weighted by Crippen LogP contribution is 2.23. The maximum Gasteiger partial charge on any atom is 0.243 e. The summed E-state index contributed by atoms with van der Waals surface area (Å²) in [5.41, 5.74) is 3.61. The number of carbonyl (C=O) groups is 2. The predicted octanol–water partition coefficient (Wildman–Crippen LogP) is 3.84. The zero-order valence-corrected chi connectivity index (χ0v) is 15.2. The highest BCUT2D eigenvalue weighted by Gasteiger charge is 2.09. The molecule has 2 N–H and O–H groups in total. The molecule has 0 saturated carbocycles. The largest absolute Gasteiger partial charge is 0.376 e. The van der Waals surface area contributed by atoms with Crippen LogP contribution in [0.2, 0.25) is 0 Å². The maximum absolute atomic E-state index is 12.2. The van der Waals surface area contributed by atoms with Crippen molar-refractivity contribution < 1.29 is 9.59 Å². The van der Waals surface area contributed by atoms with Crippen molar-refractivity contribution in [2.24, 2.45) is 0 Å². The maximum atomic E-state index is 12.2. The molecule has 0 aliphatic heterocycles.